The van der Waals surface area contributed by atoms with Gasteiger partial charge in [-0.05, 0) is 29.8 Å². The number of rotatable bonds is 3. The number of Topliss-reactive ketones (excluding diaryl/α,β-unsaturated/α-hetero) is 1. The third kappa shape index (κ3) is 2.60. The van der Waals surface area contributed by atoms with Crippen molar-refractivity contribution in [3.05, 3.63) is 71.5 Å². The summed E-state index contributed by atoms with van der Waals surface area (Å²) in [6, 6.07) is 10.5. The summed E-state index contributed by atoms with van der Waals surface area (Å²) in [6.07, 6.45) is 3.16. The molecule has 1 aromatic carbocycles. The molecule has 0 spiro atoms. The number of allylic oxidation sites excluding steroid dienone is 1. The second kappa shape index (κ2) is 4.93. The van der Waals surface area contributed by atoms with Crippen LogP contribution in [-0.2, 0) is 0 Å². The molecule has 0 radical (unpaired) electrons. The van der Waals surface area contributed by atoms with Crippen LogP contribution in [0.5, 0.6) is 0 Å². The molecule has 0 amide bonds. The van der Waals surface area contributed by atoms with E-state index in [1.165, 1.54) is 6.20 Å². The van der Waals surface area contributed by atoms with Gasteiger partial charge in [-0.2, -0.15) is 0 Å². The van der Waals surface area contributed by atoms with Crippen molar-refractivity contribution in [1.29, 1.82) is 0 Å². The van der Waals surface area contributed by atoms with Crippen LogP contribution >= 0.6 is 11.6 Å². The average molecular weight is 244 g/mol. The third-order valence-corrected chi connectivity index (χ3v) is 2.64. The molecule has 17 heavy (non-hydrogen) atoms. The van der Waals surface area contributed by atoms with Gasteiger partial charge in [0.1, 0.15) is 0 Å². The van der Waals surface area contributed by atoms with Crippen molar-refractivity contribution in [1.82, 2.24) is 4.98 Å². The van der Waals surface area contributed by atoms with Crippen molar-refractivity contribution in [3.8, 4) is 0 Å². The minimum Gasteiger partial charge on any atom is -0.289 e. The van der Waals surface area contributed by atoms with Crippen LogP contribution in [0.4, 0.5) is 0 Å². The van der Waals surface area contributed by atoms with E-state index in [9.17, 15) is 4.79 Å². The predicted molar refractivity (Wildman–Crippen MR) is 69.1 cm³/mol. The summed E-state index contributed by atoms with van der Waals surface area (Å²) in [7, 11) is 0. The number of pyridine rings is 1. The van der Waals surface area contributed by atoms with Crippen LogP contribution in [0.25, 0.3) is 5.57 Å². The smallest absolute Gasteiger partial charge is 0.194 e. The Morgan fingerprint density at radius 3 is 2.41 bits per heavy atom. The van der Waals surface area contributed by atoms with Gasteiger partial charge >= 0.3 is 0 Å². The van der Waals surface area contributed by atoms with Gasteiger partial charge in [-0.15, -0.1) is 0 Å². The van der Waals surface area contributed by atoms with Gasteiger partial charge in [0.15, 0.2) is 5.78 Å². The summed E-state index contributed by atoms with van der Waals surface area (Å²) >= 11 is 5.79. The first-order valence-corrected chi connectivity index (χ1v) is 5.46. The van der Waals surface area contributed by atoms with E-state index in [0.29, 0.717) is 16.2 Å². The molecule has 0 saturated heterocycles. The number of benzene rings is 1. The lowest BCUT2D eigenvalue weighted by Crippen LogP contribution is -2.01. The van der Waals surface area contributed by atoms with Gasteiger partial charge in [0.25, 0.3) is 0 Å². The molecule has 1 aromatic heterocycles. The van der Waals surface area contributed by atoms with Crippen LogP contribution in [0, 0.1) is 0 Å². The molecule has 2 nitrogen and oxygen atoms in total. The van der Waals surface area contributed by atoms with Crippen LogP contribution in [0.1, 0.15) is 15.9 Å². The zero-order chi connectivity index (χ0) is 12.3. The van der Waals surface area contributed by atoms with Gasteiger partial charge in [0, 0.05) is 28.6 Å². The average Bonchev–Trinajstić information content (AvgIpc) is 2.39. The number of ketones is 1. The summed E-state index contributed by atoms with van der Waals surface area (Å²) in [5.74, 6) is -0.125. The maximum absolute atomic E-state index is 12.1. The highest BCUT2D eigenvalue weighted by atomic mass is 35.5. The van der Waals surface area contributed by atoms with Crippen LogP contribution < -0.4 is 0 Å². The Balaban J connectivity index is 2.27. The number of hydrogen-bond donors (Lipinski definition) is 0. The van der Waals surface area contributed by atoms with Crippen molar-refractivity contribution in [2.75, 3.05) is 0 Å². The van der Waals surface area contributed by atoms with Crippen LogP contribution in [0.3, 0.4) is 0 Å². The highest BCUT2D eigenvalue weighted by Crippen LogP contribution is 2.19. The lowest BCUT2D eigenvalue weighted by Gasteiger charge is -2.04. The number of hydrogen-bond acceptors (Lipinski definition) is 2. The Labute approximate surface area is 105 Å². The Hall–Kier alpha value is -1.93. The number of aromatic nitrogens is 1. The molecule has 0 aliphatic rings. The molecule has 0 fully saturated rings. The maximum Gasteiger partial charge on any atom is 0.194 e. The zero-order valence-corrected chi connectivity index (χ0v) is 9.82. The van der Waals surface area contributed by atoms with Crippen molar-refractivity contribution in [2.24, 2.45) is 0 Å². The van der Waals surface area contributed by atoms with Crippen LogP contribution in [0.15, 0.2) is 55.4 Å². The summed E-state index contributed by atoms with van der Waals surface area (Å²) in [6.45, 7) is 3.81. The monoisotopic (exact) mass is 243 g/mol. The summed E-state index contributed by atoms with van der Waals surface area (Å²) < 4.78 is 0. The molecule has 1 heterocycles. The lowest BCUT2D eigenvalue weighted by molar-refractivity contribution is 0.105. The third-order valence-electron chi connectivity index (χ3n) is 2.39. The maximum atomic E-state index is 12.1. The Bertz CT molecular complexity index is 546. The fourth-order valence-corrected chi connectivity index (χ4v) is 1.58. The van der Waals surface area contributed by atoms with E-state index in [1.807, 2.05) is 0 Å². The van der Waals surface area contributed by atoms with Crippen molar-refractivity contribution >= 4 is 23.0 Å². The molecule has 0 N–H and O–H groups in total. The highest BCUT2D eigenvalue weighted by Gasteiger charge is 2.11. The van der Waals surface area contributed by atoms with Gasteiger partial charge in [-0.3, -0.25) is 9.78 Å². The summed E-state index contributed by atoms with van der Waals surface area (Å²) in [5, 5.41) is 0.635. The van der Waals surface area contributed by atoms with Gasteiger partial charge in [0.05, 0.1) is 0 Å². The first kappa shape index (κ1) is 11.6. The summed E-state index contributed by atoms with van der Waals surface area (Å²) in [5.41, 5.74) is 1.74. The Kier molecular flexibility index (Phi) is 3.35. The lowest BCUT2D eigenvalue weighted by atomic mass is 9.99. The molecule has 0 unspecified atom stereocenters. The molecule has 2 rings (SSSR count). The largest absolute Gasteiger partial charge is 0.289 e. The Morgan fingerprint density at radius 1 is 1.12 bits per heavy atom. The highest BCUT2D eigenvalue weighted by molar-refractivity contribution is 6.31. The molecule has 84 valence electrons. The zero-order valence-electron chi connectivity index (χ0n) is 9.06. The van der Waals surface area contributed by atoms with Gasteiger partial charge in [0.2, 0.25) is 0 Å². The van der Waals surface area contributed by atoms with Crippen LogP contribution in [0.2, 0.25) is 5.02 Å². The van der Waals surface area contributed by atoms with Gasteiger partial charge < -0.3 is 0 Å². The molecule has 0 saturated carbocycles. The van der Waals surface area contributed by atoms with E-state index >= 15 is 0 Å². The quantitative estimate of drug-likeness (QED) is 0.609. The SMILES string of the molecule is C=C(C(=O)c1cccnc1)c1ccc(Cl)cc1. The molecular formula is C14H10ClNO. The Morgan fingerprint density at radius 2 is 1.82 bits per heavy atom. The van der Waals surface area contributed by atoms with Crippen molar-refractivity contribution in [3.63, 3.8) is 0 Å². The number of nitrogens with zero attached hydrogens (tertiary/aromatic N) is 1. The van der Waals surface area contributed by atoms with Gasteiger partial charge in [-0.1, -0.05) is 30.3 Å². The molecular weight excluding hydrogens is 234 g/mol. The molecule has 0 aliphatic heterocycles. The first-order valence-electron chi connectivity index (χ1n) is 5.08. The molecule has 3 heteroatoms. The van der Waals surface area contributed by atoms with Gasteiger partial charge in [-0.25, -0.2) is 0 Å². The minimum atomic E-state index is -0.125. The summed E-state index contributed by atoms with van der Waals surface area (Å²) in [4.78, 5) is 16.0. The molecule has 0 bridgehead atoms. The molecule has 0 atom stereocenters. The number of carbonyl (C=O) groups excluding carboxylic acids is 1. The number of halogens is 1. The fraction of sp³-hybridized carbons (Fsp3) is 0. The predicted octanol–water partition coefficient (Wildman–Crippen LogP) is 3.63. The fourth-order valence-electron chi connectivity index (χ4n) is 1.45. The first-order chi connectivity index (χ1) is 8.18. The van der Waals surface area contributed by atoms with Crippen molar-refractivity contribution < 1.29 is 4.79 Å². The topological polar surface area (TPSA) is 30.0 Å². The number of carbonyl (C=O) groups is 1. The van der Waals surface area contributed by atoms with E-state index < -0.39 is 0 Å². The van der Waals surface area contributed by atoms with Crippen LogP contribution in [-0.4, -0.2) is 10.8 Å². The van der Waals surface area contributed by atoms with E-state index in [-0.39, 0.29) is 5.78 Å². The van der Waals surface area contributed by atoms with E-state index in [0.717, 1.165) is 5.56 Å². The van der Waals surface area contributed by atoms with Crippen molar-refractivity contribution in [2.45, 2.75) is 0 Å². The molecule has 0 aliphatic carbocycles. The molecule has 2 aromatic rings. The standard InChI is InChI=1S/C14H10ClNO/c1-10(11-4-6-13(15)7-5-11)14(17)12-3-2-8-16-9-12/h2-9H,1H2. The second-order valence-corrected chi connectivity index (χ2v) is 3.99. The normalized spacial score (nSPS) is 9.94. The van der Waals surface area contributed by atoms with E-state index in [2.05, 4.69) is 11.6 Å². The minimum absolute atomic E-state index is 0.125. The second-order valence-electron chi connectivity index (χ2n) is 3.56. The van der Waals surface area contributed by atoms with E-state index in [4.69, 9.17) is 11.6 Å². The van der Waals surface area contributed by atoms with E-state index in [1.54, 1.807) is 42.6 Å².